The molecule has 2 N–H and O–H groups in total. The second kappa shape index (κ2) is 9.13. The Hall–Kier alpha value is -2.34. The third-order valence-electron chi connectivity index (χ3n) is 5.89. The van der Waals surface area contributed by atoms with E-state index in [9.17, 15) is 26.4 Å². The number of piperidine rings is 1. The van der Waals surface area contributed by atoms with Crippen molar-refractivity contribution in [2.45, 2.75) is 56.8 Å². The molecule has 1 amide bonds. The zero-order chi connectivity index (χ0) is 24.6. The normalized spacial score (nSPS) is 23.3. The van der Waals surface area contributed by atoms with E-state index in [0.717, 1.165) is 12.1 Å². The quantitative estimate of drug-likeness (QED) is 0.611. The monoisotopic (exact) mass is 490 g/mol. The molecule has 2 aliphatic heterocycles. The van der Waals surface area contributed by atoms with E-state index in [1.165, 1.54) is 21.3 Å². The fourth-order valence-corrected chi connectivity index (χ4v) is 5.99. The number of sulfonamides is 1. The summed E-state index contributed by atoms with van der Waals surface area (Å²) in [5.74, 6) is -0.421. The minimum atomic E-state index is -4.92. The lowest BCUT2D eigenvalue weighted by molar-refractivity contribution is -0.274. The predicted octanol–water partition coefficient (Wildman–Crippen LogP) is 3.16. The average Bonchev–Trinajstić information content (AvgIpc) is 2.89. The van der Waals surface area contributed by atoms with E-state index in [1.807, 2.05) is 13.8 Å². The molecule has 184 valence electrons. The lowest BCUT2D eigenvalue weighted by atomic mass is 9.90. The van der Waals surface area contributed by atoms with Gasteiger partial charge in [0, 0.05) is 25.7 Å². The molecule has 1 aromatic rings. The second-order valence-electron chi connectivity index (χ2n) is 9.19. The van der Waals surface area contributed by atoms with Gasteiger partial charge >= 0.3 is 6.36 Å². The molecule has 2 saturated heterocycles. The minimum absolute atomic E-state index is 0.00356. The Kier molecular flexibility index (Phi) is 6.99. The standard InChI is InChI=1S/C21H29F3N4O4S/c1-14(2)12-20(3)18(29)28(19(25)26-20)13-15-7-9-27(10-8-15)33(30,31)17-6-4-5-16(11-17)32-21(22,23)24/h4-6,11,14-15H,7-10,12-13H2,1-3H3,(H2,25,26). The van der Waals surface area contributed by atoms with Crippen LogP contribution in [0.1, 0.15) is 40.0 Å². The molecule has 2 heterocycles. The molecule has 2 fully saturated rings. The van der Waals surface area contributed by atoms with Gasteiger partial charge in [0.2, 0.25) is 10.0 Å². The van der Waals surface area contributed by atoms with Gasteiger partial charge in [0.15, 0.2) is 5.96 Å². The van der Waals surface area contributed by atoms with Crippen molar-refractivity contribution in [3.63, 3.8) is 0 Å². The van der Waals surface area contributed by atoms with Gasteiger partial charge in [0.1, 0.15) is 11.3 Å². The highest BCUT2D eigenvalue weighted by Crippen LogP contribution is 2.30. The first kappa shape index (κ1) is 25.3. The number of halogens is 3. The molecule has 8 nitrogen and oxygen atoms in total. The number of carbonyl (C=O) groups excluding carboxylic acids is 1. The Balaban J connectivity index is 1.62. The number of amides is 1. The van der Waals surface area contributed by atoms with Crippen LogP contribution in [0.25, 0.3) is 0 Å². The number of guanidine groups is 1. The fraction of sp³-hybridized carbons (Fsp3) is 0.619. The lowest BCUT2D eigenvalue weighted by Crippen LogP contribution is -2.46. The molecule has 0 aromatic heterocycles. The van der Waals surface area contributed by atoms with Crippen molar-refractivity contribution < 1.29 is 31.1 Å². The van der Waals surface area contributed by atoms with Gasteiger partial charge in [-0.25, -0.2) is 8.42 Å². The first-order valence-corrected chi connectivity index (χ1v) is 12.2. The summed E-state index contributed by atoms with van der Waals surface area (Å²) in [5, 5.41) is 11.2. The first-order valence-electron chi connectivity index (χ1n) is 10.8. The third kappa shape index (κ3) is 5.78. The van der Waals surface area contributed by atoms with Crippen molar-refractivity contribution in [2.75, 3.05) is 19.6 Å². The van der Waals surface area contributed by atoms with E-state index < -0.39 is 27.7 Å². The van der Waals surface area contributed by atoms with Crippen molar-refractivity contribution in [3.05, 3.63) is 24.3 Å². The first-order chi connectivity index (χ1) is 15.2. The minimum Gasteiger partial charge on any atom is -0.406 e. The number of hydrogen-bond donors (Lipinski definition) is 2. The molecule has 33 heavy (non-hydrogen) atoms. The highest BCUT2D eigenvalue weighted by atomic mass is 32.2. The van der Waals surface area contributed by atoms with Crippen molar-refractivity contribution in [3.8, 4) is 5.75 Å². The Labute approximate surface area is 191 Å². The summed E-state index contributed by atoms with van der Waals surface area (Å²) < 4.78 is 68.3. The molecule has 2 aliphatic rings. The summed E-state index contributed by atoms with van der Waals surface area (Å²) in [6, 6.07) is 4.34. The molecule has 0 saturated carbocycles. The van der Waals surface area contributed by atoms with Crippen LogP contribution in [0.5, 0.6) is 5.75 Å². The zero-order valence-electron chi connectivity index (χ0n) is 18.8. The van der Waals surface area contributed by atoms with Crippen LogP contribution in [0.2, 0.25) is 0 Å². The van der Waals surface area contributed by atoms with E-state index >= 15 is 0 Å². The van der Waals surface area contributed by atoms with Gasteiger partial charge in [-0.2, -0.15) is 4.31 Å². The van der Waals surface area contributed by atoms with Crippen LogP contribution < -0.4 is 10.1 Å². The van der Waals surface area contributed by atoms with Crippen LogP contribution >= 0.6 is 0 Å². The largest absolute Gasteiger partial charge is 0.573 e. The fourth-order valence-electron chi connectivity index (χ4n) is 4.48. The number of carbonyl (C=O) groups is 1. The van der Waals surface area contributed by atoms with Gasteiger partial charge < -0.3 is 10.1 Å². The summed E-state index contributed by atoms with van der Waals surface area (Å²) in [4.78, 5) is 14.1. The molecule has 0 aliphatic carbocycles. The van der Waals surface area contributed by atoms with Crippen molar-refractivity contribution in [2.24, 2.45) is 11.8 Å². The predicted molar refractivity (Wildman–Crippen MR) is 115 cm³/mol. The third-order valence-corrected chi connectivity index (χ3v) is 7.78. The Bertz CT molecular complexity index is 1010. The maximum atomic E-state index is 12.9. The summed E-state index contributed by atoms with van der Waals surface area (Å²) in [7, 11) is -3.99. The van der Waals surface area contributed by atoms with E-state index in [-0.39, 0.29) is 41.7 Å². The van der Waals surface area contributed by atoms with Crippen LogP contribution in [-0.4, -0.2) is 61.0 Å². The maximum Gasteiger partial charge on any atom is 0.573 e. The summed E-state index contributed by atoms with van der Waals surface area (Å²) >= 11 is 0. The van der Waals surface area contributed by atoms with E-state index in [4.69, 9.17) is 5.41 Å². The number of alkyl halides is 3. The molecule has 1 atom stereocenters. The summed E-state index contributed by atoms with van der Waals surface area (Å²) in [6.45, 7) is 6.46. The van der Waals surface area contributed by atoms with Crippen LogP contribution in [0.15, 0.2) is 29.2 Å². The number of nitrogens with one attached hydrogen (secondary N) is 2. The smallest absolute Gasteiger partial charge is 0.406 e. The van der Waals surface area contributed by atoms with Crippen LogP contribution in [-0.2, 0) is 14.8 Å². The molecule has 0 radical (unpaired) electrons. The van der Waals surface area contributed by atoms with Gasteiger partial charge in [0.05, 0.1) is 4.90 Å². The number of rotatable bonds is 7. The topological polar surface area (TPSA) is 103 Å². The van der Waals surface area contributed by atoms with Crippen molar-refractivity contribution in [1.29, 1.82) is 5.41 Å². The van der Waals surface area contributed by atoms with Gasteiger partial charge in [-0.05, 0) is 50.2 Å². The van der Waals surface area contributed by atoms with Crippen LogP contribution in [0, 0.1) is 17.2 Å². The highest BCUT2D eigenvalue weighted by Gasteiger charge is 2.46. The summed E-state index contributed by atoms with van der Waals surface area (Å²) in [6.07, 6.45) is -3.38. The van der Waals surface area contributed by atoms with Crippen molar-refractivity contribution in [1.82, 2.24) is 14.5 Å². The SMILES string of the molecule is CC(C)CC1(C)NC(=N)N(CC2CCN(S(=O)(=O)c3cccc(OC(F)(F)F)c3)CC2)C1=O. The second-order valence-corrected chi connectivity index (χ2v) is 11.1. The van der Waals surface area contributed by atoms with E-state index in [1.54, 1.807) is 6.92 Å². The zero-order valence-corrected chi connectivity index (χ0v) is 19.6. The molecule has 1 aromatic carbocycles. The van der Waals surface area contributed by atoms with E-state index in [2.05, 4.69) is 10.1 Å². The molecule has 0 bridgehead atoms. The lowest BCUT2D eigenvalue weighted by Gasteiger charge is -2.33. The van der Waals surface area contributed by atoms with Crippen LogP contribution in [0.4, 0.5) is 13.2 Å². The van der Waals surface area contributed by atoms with Gasteiger partial charge in [-0.1, -0.05) is 19.9 Å². The summed E-state index contributed by atoms with van der Waals surface area (Å²) in [5.41, 5.74) is -0.821. The average molecular weight is 491 g/mol. The number of benzene rings is 1. The van der Waals surface area contributed by atoms with Gasteiger partial charge in [-0.3, -0.25) is 15.1 Å². The number of hydrogen-bond acceptors (Lipinski definition) is 5. The number of nitrogens with zero attached hydrogens (tertiary/aromatic N) is 2. The molecule has 12 heteroatoms. The Morgan fingerprint density at radius 2 is 1.91 bits per heavy atom. The molecular formula is C21H29F3N4O4S. The highest BCUT2D eigenvalue weighted by molar-refractivity contribution is 7.89. The molecule has 3 rings (SSSR count). The Morgan fingerprint density at radius 1 is 1.27 bits per heavy atom. The Morgan fingerprint density at radius 3 is 2.48 bits per heavy atom. The van der Waals surface area contributed by atoms with Crippen molar-refractivity contribution >= 4 is 21.9 Å². The maximum absolute atomic E-state index is 12.9. The molecular weight excluding hydrogens is 461 g/mol. The van der Waals surface area contributed by atoms with Gasteiger partial charge in [-0.15, -0.1) is 13.2 Å². The number of ether oxygens (including phenoxy) is 1. The van der Waals surface area contributed by atoms with Crippen LogP contribution in [0.3, 0.4) is 0 Å². The van der Waals surface area contributed by atoms with Gasteiger partial charge in [0.25, 0.3) is 5.91 Å². The molecule has 0 spiro atoms. The molecule has 1 unspecified atom stereocenters. The van der Waals surface area contributed by atoms with E-state index in [0.29, 0.717) is 25.8 Å².